The topological polar surface area (TPSA) is 99.1 Å². The Hall–Kier alpha value is -3.98. The summed E-state index contributed by atoms with van der Waals surface area (Å²) < 4.78 is 36.5. The molecule has 0 heterocycles. The summed E-state index contributed by atoms with van der Waals surface area (Å²) in [5.41, 5.74) is 3.39. The largest absolute Gasteiger partial charge is 0.760 e. The smallest absolute Gasteiger partial charge is 0.335 e. The molecule has 0 amide bonds. The van der Waals surface area contributed by atoms with Crippen LogP contribution >= 0.6 is 0 Å². The molecule has 0 saturated carbocycles. The van der Waals surface area contributed by atoms with E-state index in [4.69, 9.17) is 14.6 Å². The number of carboxylic acids is 1. The van der Waals surface area contributed by atoms with Crippen LogP contribution in [0.5, 0.6) is 17.2 Å². The van der Waals surface area contributed by atoms with Gasteiger partial charge in [-0.3, -0.25) is 4.21 Å². The maximum atomic E-state index is 11.9. The highest BCUT2D eigenvalue weighted by Gasteiger charge is 2.13. The highest BCUT2D eigenvalue weighted by molar-refractivity contribution is 7.76. The van der Waals surface area contributed by atoms with E-state index < -0.39 is 17.2 Å². The van der Waals surface area contributed by atoms with Crippen molar-refractivity contribution in [1.29, 1.82) is 0 Å². The third kappa shape index (κ3) is 6.37. The van der Waals surface area contributed by atoms with Crippen molar-refractivity contribution in [1.82, 2.24) is 4.31 Å². The van der Waals surface area contributed by atoms with Gasteiger partial charge < -0.3 is 19.1 Å². The van der Waals surface area contributed by atoms with E-state index in [-0.39, 0.29) is 18.7 Å². The van der Waals surface area contributed by atoms with Crippen molar-refractivity contribution in [2.45, 2.75) is 13.1 Å². The summed E-state index contributed by atoms with van der Waals surface area (Å²) >= 11 is -2.48. The molecule has 8 heteroatoms. The second-order valence-electron chi connectivity index (χ2n) is 7.99. The molecule has 0 radical (unpaired) electrons. The number of hydrogen-bond donors (Lipinski definition) is 1. The lowest BCUT2D eigenvalue weighted by Gasteiger charge is -2.25. The minimum Gasteiger partial charge on any atom is -0.760 e. The van der Waals surface area contributed by atoms with Gasteiger partial charge in [0, 0.05) is 29.9 Å². The molecule has 36 heavy (non-hydrogen) atoms. The van der Waals surface area contributed by atoms with E-state index in [1.54, 1.807) is 19.2 Å². The van der Waals surface area contributed by atoms with Crippen molar-refractivity contribution >= 4 is 17.2 Å². The number of rotatable bonds is 10. The van der Waals surface area contributed by atoms with E-state index in [1.165, 1.54) is 16.4 Å². The molecule has 4 aromatic carbocycles. The molecule has 0 aliphatic rings. The van der Waals surface area contributed by atoms with E-state index in [2.05, 4.69) is 0 Å². The molecule has 1 atom stereocenters. The summed E-state index contributed by atoms with van der Waals surface area (Å²) in [6, 6.07) is 28.9. The number of para-hydroxylation sites is 1. The molecule has 0 bridgehead atoms. The standard InChI is InChI=1S/C28H25NO6S/c1-34-27-17-21(19-29(36(32)33)18-20-7-10-23(11-8-20)28(30)31)9-16-26(27)22-12-14-25(15-13-22)35-24-5-3-2-4-6-24/h2-17H,18-19H2,1H3,(H,30,31)(H,32,33)/p-1. The molecular formula is C28H24NO6S-. The first kappa shape index (κ1) is 25.1. The fraction of sp³-hybridized carbons (Fsp3) is 0.107. The average Bonchev–Trinajstić information content (AvgIpc) is 2.89. The summed E-state index contributed by atoms with van der Waals surface area (Å²) in [7, 11) is 1.57. The van der Waals surface area contributed by atoms with E-state index >= 15 is 0 Å². The Morgan fingerprint density at radius 3 is 2.08 bits per heavy atom. The highest BCUT2D eigenvalue weighted by atomic mass is 32.2. The third-order valence-corrected chi connectivity index (χ3v) is 6.22. The molecular weight excluding hydrogens is 478 g/mol. The summed E-state index contributed by atoms with van der Waals surface area (Å²) in [6.45, 7) is 0.250. The van der Waals surface area contributed by atoms with E-state index in [0.29, 0.717) is 17.1 Å². The highest BCUT2D eigenvalue weighted by Crippen LogP contribution is 2.33. The second-order valence-corrected chi connectivity index (χ2v) is 8.94. The fourth-order valence-corrected chi connectivity index (χ4v) is 4.23. The van der Waals surface area contributed by atoms with Gasteiger partial charge in [-0.2, -0.15) is 0 Å². The van der Waals surface area contributed by atoms with Gasteiger partial charge in [0.2, 0.25) is 0 Å². The SMILES string of the molecule is COc1cc(CN(Cc2ccc(C(=O)O)cc2)S(=O)[O-])ccc1-c1ccc(Oc2ccccc2)cc1. The van der Waals surface area contributed by atoms with Crippen LogP contribution in [0.1, 0.15) is 21.5 Å². The van der Waals surface area contributed by atoms with Crippen LogP contribution in [-0.4, -0.2) is 31.3 Å². The van der Waals surface area contributed by atoms with Gasteiger partial charge >= 0.3 is 5.97 Å². The van der Waals surface area contributed by atoms with Crippen molar-refractivity contribution in [3.8, 4) is 28.4 Å². The van der Waals surface area contributed by atoms with Gasteiger partial charge in [0.05, 0.1) is 12.7 Å². The molecule has 0 spiro atoms. The molecule has 0 saturated heterocycles. The number of carbonyl (C=O) groups is 1. The predicted molar refractivity (Wildman–Crippen MR) is 137 cm³/mol. The van der Waals surface area contributed by atoms with Gasteiger partial charge in [-0.1, -0.05) is 54.6 Å². The van der Waals surface area contributed by atoms with Crippen LogP contribution < -0.4 is 9.47 Å². The van der Waals surface area contributed by atoms with Gasteiger partial charge in [0.25, 0.3) is 0 Å². The van der Waals surface area contributed by atoms with Gasteiger partial charge in [0.1, 0.15) is 17.2 Å². The monoisotopic (exact) mass is 502 g/mol. The lowest BCUT2D eigenvalue weighted by Crippen LogP contribution is -2.25. The Morgan fingerprint density at radius 2 is 1.47 bits per heavy atom. The van der Waals surface area contributed by atoms with E-state index in [1.807, 2.05) is 72.8 Å². The number of hydrogen-bond acceptors (Lipinski definition) is 5. The maximum Gasteiger partial charge on any atom is 0.335 e. The quantitative estimate of drug-likeness (QED) is 0.281. The van der Waals surface area contributed by atoms with E-state index in [9.17, 15) is 13.6 Å². The van der Waals surface area contributed by atoms with Crippen LogP contribution in [0.25, 0.3) is 11.1 Å². The molecule has 7 nitrogen and oxygen atoms in total. The molecule has 1 unspecified atom stereocenters. The Morgan fingerprint density at radius 1 is 0.861 bits per heavy atom. The lowest BCUT2D eigenvalue weighted by atomic mass is 10.0. The Bertz CT molecular complexity index is 1340. The summed E-state index contributed by atoms with van der Waals surface area (Å²) in [4.78, 5) is 11.0. The van der Waals surface area contributed by atoms with E-state index in [0.717, 1.165) is 22.4 Å². The van der Waals surface area contributed by atoms with Crippen molar-refractivity contribution in [2.75, 3.05) is 7.11 Å². The van der Waals surface area contributed by atoms with Crippen molar-refractivity contribution in [3.63, 3.8) is 0 Å². The lowest BCUT2D eigenvalue weighted by molar-refractivity contribution is 0.0697. The van der Waals surface area contributed by atoms with Crippen molar-refractivity contribution in [3.05, 3.63) is 114 Å². The molecule has 184 valence electrons. The van der Waals surface area contributed by atoms with Gasteiger partial charge in [-0.05, 0) is 59.2 Å². The van der Waals surface area contributed by atoms with Crippen molar-refractivity contribution in [2.24, 2.45) is 0 Å². The van der Waals surface area contributed by atoms with Gasteiger partial charge in [0.15, 0.2) is 0 Å². The number of ether oxygens (including phenoxy) is 2. The van der Waals surface area contributed by atoms with Gasteiger partial charge in [-0.15, -0.1) is 0 Å². The molecule has 4 aromatic rings. The van der Waals surface area contributed by atoms with Crippen LogP contribution in [-0.2, 0) is 24.4 Å². The molecule has 0 fully saturated rings. The minimum absolute atomic E-state index is 0.114. The summed E-state index contributed by atoms with van der Waals surface area (Å²) in [5, 5.41) is 9.04. The first-order valence-electron chi connectivity index (χ1n) is 11.1. The second kappa shape index (κ2) is 11.6. The average molecular weight is 503 g/mol. The van der Waals surface area contributed by atoms with Crippen LogP contribution in [0.15, 0.2) is 97.1 Å². The first-order chi connectivity index (χ1) is 17.4. The number of methoxy groups -OCH3 is 1. The number of carboxylic acid groups (broad SMARTS) is 1. The number of aromatic carboxylic acids is 1. The predicted octanol–water partition coefficient (Wildman–Crippen LogP) is 5.65. The zero-order valence-corrected chi connectivity index (χ0v) is 20.3. The molecule has 0 aliphatic carbocycles. The molecule has 0 aromatic heterocycles. The Balaban J connectivity index is 1.49. The summed E-state index contributed by atoms with van der Waals surface area (Å²) in [5.74, 6) is 1.05. The third-order valence-electron chi connectivity index (χ3n) is 5.54. The number of nitrogens with zero attached hydrogens (tertiary/aromatic N) is 1. The van der Waals surface area contributed by atoms with Crippen molar-refractivity contribution < 1.29 is 28.1 Å². The number of benzene rings is 4. The molecule has 1 N–H and O–H groups in total. The van der Waals surface area contributed by atoms with Crippen LogP contribution in [0.3, 0.4) is 0 Å². The zero-order valence-electron chi connectivity index (χ0n) is 19.5. The first-order valence-corrected chi connectivity index (χ1v) is 12.1. The molecule has 4 rings (SSSR count). The Kier molecular flexibility index (Phi) is 8.12. The van der Waals surface area contributed by atoms with Crippen LogP contribution in [0.2, 0.25) is 0 Å². The summed E-state index contributed by atoms with van der Waals surface area (Å²) in [6.07, 6.45) is 0. The molecule has 0 aliphatic heterocycles. The van der Waals surface area contributed by atoms with Crippen LogP contribution in [0, 0.1) is 0 Å². The van der Waals surface area contributed by atoms with Crippen LogP contribution in [0.4, 0.5) is 0 Å². The zero-order chi connectivity index (χ0) is 25.5. The van der Waals surface area contributed by atoms with Gasteiger partial charge in [-0.25, -0.2) is 9.10 Å². The normalized spacial score (nSPS) is 11.8. The maximum absolute atomic E-state index is 11.9. The minimum atomic E-state index is -2.48. The Labute approximate surface area is 212 Å². The fourth-order valence-electron chi connectivity index (χ4n) is 3.72.